The standard InChI is InChI=1S/C18H20N2O/c21-18-9-5-4-8-16(18)12-19-17-10-11-20(14-17)13-15-6-2-1-3-7-15/h1-9,12,17,21H,10-11,13-14H2/p+1/t17-/m1/s1. The second-order valence-corrected chi connectivity index (χ2v) is 5.65. The second-order valence-electron chi connectivity index (χ2n) is 5.65. The lowest BCUT2D eigenvalue weighted by atomic mass is 10.2. The summed E-state index contributed by atoms with van der Waals surface area (Å²) in [5.74, 6) is 0.299. The smallest absolute Gasteiger partial charge is 0.124 e. The Morgan fingerprint density at radius 2 is 1.86 bits per heavy atom. The third kappa shape index (κ3) is 3.70. The van der Waals surface area contributed by atoms with Crippen molar-refractivity contribution in [3.8, 4) is 5.75 Å². The lowest BCUT2D eigenvalue weighted by molar-refractivity contribution is -0.901. The summed E-state index contributed by atoms with van der Waals surface area (Å²) >= 11 is 0. The van der Waals surface area contributed by atoms with Gasteiger partial charge in [0.1, 0.15) is 24.9 Å². The Bertz CT molecular complexity index is 610. The lowest BCUT2D eigenvalue weighted by Gasteiger charge is -2.12. The Kier molecular flexibility index (Phi) is 4.31. The monoisotopic (exact) mass is 281 g/mol. The van der Waals surface area contributed by atoms with Crippen LogP contribution in [0.1, 0.15) is 17.5 Å². The number of aromatic hydroxyl groups is 1. The number of phenolic OH excluding ortho intramolecular Hbond substituents is 1. The number of quaternary nitrogens is 1. The predicted octanol–water partition coefficient (Wildman–Crippen LogP) is 1.67. The fourth-order valence-electron chi connectivity index (χ4n) is 2.86. The van der Waals surface area contributed by atoms with Crippen molar-refractivity contribution < 1.29 is 10.0 Å². The summed E-state index contributed by atoms with van der Waals surface area (Å²) < 4.78 is 0. The van der Waals surface area contributed by atoms with Crippen molar-refractivity contribution in [2.24, 2.45) is 4.99 Å². The van der Waals surface area contributed by atoms with Crippen LogP contribution in [0, 0.1) is 0 Å². The third-order valence-electron chi connectivity index (χ3n) is 4.01. The number of likely N-dealkylation sites (tertiary alicyclic amines) is 1. The summed E-state index contributed by atoms with van der Waals surface area (Å²) in [5.41, 5.74) is 2.19. The first-order chi connectivity index (χ1) is 10.3. The molecule has 2 aromatic carbocycles. The van der Waals surface area contributed by atoms with Crippen LogP contribution in [0.4, 0.5) is 0 Å². The molecule has 1 aliphatic rings. The van der Waals surface area contributed by atoms with E-state index in [0.717, 1.165) is 31.6 Å². The fourth-order valence-corrected chi connectivity index (χ4v) is 2.86. The molecule has 1 fully saturated rings. The number of rotatable bonds is 4. The molecule has 1 saturated heterocycles. The van der Waals surface area contributed by atoms with Gasteiger partial charge in [0.25, 0.3) is 0 Å². The number of hydrogen-bond donors (Lipinski definition) is 2. The van der Waals surface area contributed by atoms with Gasteiger partial charge in [0.15, 0.2) is 0 Å². The van der Waals surface area contributed by atoms with Gasteiger partial charge >= 0.3 is 0 Å². The maximum atomic E-state index is 9.73. The lowest BCUT2D eigenvalue weighted by Crippen LogP contribution is -3.09. The number of aliphatic imine (C=N–C) groups is 1. The van der Waals surface area contributed by atoms with Crippen molar-refractivity contribution in [2.45, 2.75) is 19.0 Å². The Morgan fingerprint density at radius 3 is 2.67 bits per heavy atom. The van der Waals surface area contributed by atoms with Gasteiger partial charge in [-0.3, -0.25) is 4.99 Å². The van der Waals surface area contributed by atoms with E-state index in [1.54, 1.807) is 11.0 Å². The average molecular weight is 281 g/mol. The molecule has 3 heteroatoms. The molecular formula is C18H21N2O+. The van der Waals surface area contributed by atoms with E-state index in [2.05, 4.69) is 35.3 Å². The van der Waals surface area contributed by atoms with E-state index in [0.29, 0.717) is 11.8 Å². The van der Waals surface area contributed by atoms with Crippen LogP contribution in [0.2, 0.25) is 0 Å². The van der Waals surface area contributed by atoms with Crippen LogP contribution >= 0.6 is 0 Å². The van der Waals surface area contributed by atoms with Gasteiger partial charge in [-0.25, -0.2) is 0 Å². The highest BCUT2D eigenvalue weighted by molar-refractivity contribution is 5.83. The molecule has 3 rings (SSSR count). The van der Waals surface area contributed by atoms with E-state index in [1.807, 2.05) is 24.4 Å². The van der Waals surface area contributed by atoms with Crippen molar-refractivity contribution >= 4 is 6.21 Å². The van der Waals surface area contributed by atoms with Crippen molar-refractivity contribution in [1.82, 2.24) is 0 Å². The summed E-state index contributed by atoms with van der Waals surface area (Å²) in [5, 5.41) is 9.73. The topological polar surface area (TPSA) is 37.0 Å². The molecule has 1 heterocycles. The molecule has 3 nitrogen and oxygen atoms in total. The molecular weight excluding hydrogens is 260 g/mol. The van der Waals surface area contributed by atoms with Crippen molar-refractivity contribution in [3.05, 3.63) is 65.7 Å². The quantitative estimate of drug-likeness (QED) is 0.822. The van der Waals surface area contributed by atoms with E-state index in [-0.39, 0.29) is 0 Å². The summed E-state index contributed by atoms with van der Waals surface area (Å²) in [6.07, 6.45) is 2.93. The molecule has 2 N–H and O–H groups in total. The molecule has 0 amide bonds. The molecule has 0 radical (unpaired) electrons. The van der Waals surface area contributed by atoms with Gasteiger partial charge in [0.05, 0.1) is 6.54 Å². The summed E-state index contributed by atoms with van der Waals surface area (Å²) in [4.78, 5) is 6.22. The highest BCUT2D eigenvalue weighted by Gasteiger charge is 2.25. The van der Waals surface area contributed by atoms with Crippen LogP contribution in [-0.2, 0) is 6.54 Å². The summed E-state index contributed by atoms with van der Waals surface area (Å²) in [6, 6.07) is 18.3. The van der Waals surface area contributed by atoms with Crippen LogP contribution in [-0.4, -0.2) is 30.5 Å². The average Bonchev–Trinajstić information content (AvgIpc) is 2.95. The number of benzene rings is 2. The minimum Gasteiger partial charge on any atom is -0.507 e. The van der Waals surface area contributed by atoms with E-state index in [4.69, 9.17) is 0 Å². The molecule has 0 aromatic heterocycles. The van der Waals surface area contributed by atoms with E-state index in [9.17, 15) is 5.11 Å². The molecule has 0 aliphatic carbocycles. The number of phenols is 1. The number of nitrogens with one attached hydrogen (secondary N) is 1. The van der Waals surface area contributed by atoms with Gasteiger partial charge < -0.3 is 10.0 Å². The predicted molar refractivity (Wildman–Crippen MR) is 84.9 cm³/mol. The largest absolute Gasteiger partial charge is 0.507 e. The molecule has 2 atom stereocenters. The van der Waals surface area contributed by atoms with E-state index >= 15 is 0 Å². The first kappa shape index (κ1) is 13.8. The van der Waals surface area contributed by atoms with Crippen molar-refractivity contribution in [3.63, 3.8) is 0 Å². The highest BCUT2D eigenvalue weighted by atomic mass is 16.3. The number of nitrogens with zero attached hydrogens (tertiary/aromatic N) is 1. The number of hydrogen-bond acceptors (Lipinski definition) is 2. The van der Waals surface area contributed by atoms with Crippen LogP contribution in [0.25, 0.3) is 0 Å². The normalized spacial score (nSPS) is 21.9. The van der Waals surface area contributed by atoms with Crippen molar-refractivity contribution in [2.75, 3.05) is 13.1 Å². The van der Waals surface area contributed by atoms with Gasteiger partial charge in [-0.2, -0.15) is 0 Å². The molecule has 0 spiro atoms. The fraction of sp³-hybridized carbons (Fsp3) is 0.278. The van der Waals surface area contributed by atoms with E-state index < -0.39 is 0 Å². The van der Waals surface area contributed by atoms with E-state index in [1.165, 1.54) is 5.56 Å². The van der Waals surface area contributed by atoms with Crippen LogP contribution in [0.5, 0.6) is 5.75 Å². The molecule has 1 unspecified atom stereocenters. The first-order valence-corrected chi connectivity index (χ1v) is 7.50. The van der Waals surface area contributed by atoms with Gasteiger partial charge in [0.2, 0.25) is 0 Å². The van der Waals surface area contributed by atoms with Gasteiger partial charge in [-0.15, -0.1) is 0 Å². The number of para-hydroxylation sites is 1. The second kappa shape index (κ2) is 6.55. The summed E-state index contributed by atoms with van der Waals surface area (Å²) in [6.45, 7) is 3.31. The molecule has 21 heavy (non-hydrogen) atoms. The van der Waals surface area contributed by atoms with Crippen molar-refractivity contribution in [1.29, 1.82) is 0 Å². The molecule has 1 aliphatic heterocycles. The Hall–Kier alpha value is -2.13. The van der Waals surface area contributed by atoms with Gasteiger partial charge in [-0.1, -0.05) is 42.5 Å². The SMILES string of the molecule is Oc1ccccc1C=N[C@@H]1CC[NH+](Cc2ccccc2)C1. The van der Waals surface area contributed by atoms with Crippen LogP contribution in [0.15, 0.2) is 59.6 Å². The minimum atomic E-state index is 0.299. The Morgan fingerprint density at radius 1 is 1.10 bits per heavy atom. The zero-order chi connectivity index (χ0) is 14.5. The molecule has 0 saturated carbocycles. The molecule has 108 valence electrons. The minimum absolute atomic E-state index is 0.299. The molecule has 2 aromatic rings. The maximum Gasteiger partial charge on any atom is 0.124 e. The van der Waals surface area contributed by atoms with Crippen LogP contribution in [0.3, 0.4) is 0 Å². The van der Waals surface area contributed by atoms with Crippen LogP contribution < -0.4 is 4.90 Å². The first-order valence-electron chi connectivity index (χ1n) is 7.50. The molecule has 0 bridgehead atoms. The third-order valence-corrected chi connectivity index (χ3v) is 4.01. The Balaban J connectivity index is 1.56. The zero-order valence-electron chi connectivity index (χ0n) is 12.1. The Labute approximate surface area is 125 Å². The van der Waals surface area contributed by atoms with Gasteiger partial charge in [-0.05, 0) is 12.1 Å². The highest BCUT2D eigenvalue weighted by Crippen LogP contribution is 2.13. The zero-order valence-corrected chi connectivity index (χ0v) is 12.1. The van der Waals surface area contributed by atoms with Gasteiger partial charge in [0, 0.05) is 23.8 Å². The summed E-state index contributed by atoms with van der Waals surface area (Å²) in [7, 11) is 0. The maximum absolute atomic E-state index is 9.73.